The highest BCUT2D eigenvalue weighted by molar-refractivity contribution is 5.54. The summed E-state index contributed by atoms with van der Waals surface area (Å²) in [6.45, 7) is 3.36. The molecule has 0 amide bonds. The van der Waals surface area contributed by atoms with E-state index in [0.29, 0.717) is 13.2 Å². The minimum Gasteiger partial charge on any atom is -0.497 e. The summed E-state index contributed by atoms with van der Waals surface area (Å²) in [5.41, 5.74) is 2.11. The van der Waals surface area contributed by atoms with Gasteiger partial charge in [-0.1, -0.05) is 12.1 Å². The molecule has 0 aromatic heterocycles. The van der Waals surface area contributed by atoms with Gasteiger partial charge < -0.3 is 19.5 Å². The first-order valence-corrected chi connectivity index (χ1v) is 6.94. The largest absolute Gasteiger partial charge is 0.497 e. The van der Waals surface area contributed by atoms with Gasteiger partial charge in [0.05, 0.1) is 20.8 Å². The second-order valence-corrected chi connectivity index (χ2v) is 4.54. The number of rotatable bonds is 7. The van der Waals surface area contributed by atoms with E-state index >= 15 is 0 Å². The van der Waals surface area contributed by atoms with Crippen LogP contribution in [0.4, 0.5) is 5.69 Å². The molecule has 0 atom stereocenters. The van der Waals surface area contributed by atoms with Gasteiger partial charge >= 0.3 is 0 Å². The van der Waals surface area contributed by atoms with E-state index in [-0.39, 0.29) is 0 Å². The van der Waals surface area contributed by atoms with Gasteiger partial charge in [-0.2, -0.15) is 0 Å². The molecule has 0 aliphatic rings. The number of benzene rings is 2. The highest BCUT2D eigenvalue weighted by atomic mass is 16.5. The minimum absolute atomic E-state index is 0.671. The third-order valence-electron chi connectivity index (χ3n) is 3.06. The van der Waals surface area contributed by atoms with E-state index in [9.17, 15) is 0 Å². The van der Waals surface area contributed by atoms with Crippen molar-refractivity contribution in [2.24, 2.45) is 0 Å². The Bertz CT molecular complexity index is 562. The van der Waals surface area contributed by atoms with Gasteiger partial charge in [-0.3, -0.25) is 0 Å². The summed E-state index contributed by atoms with van der Waals surface area (Å²) >= 11 is 0. The van der Waals surface area contributed by atoms with Crippen LogP contribution in [-0.2, 0) is 6.54 Å². The molecule has 2 rings (SSSR count). The molecule has 112 valence electrons. The SMILES string of the molecule is CCOc1cccc(CNc2cc(OC)cc(OC)c2)c1. The van der Waals surface area contributed by atoms with Crippen molar-refractivity contribution < 1.29 is 14.2 Å². The average molecular weight is 287 g/mol. The molecule has 0 heterocycles. The maximum absolute atomic E-state index is 5.50. The van der Waals surface area contributed by atoms with E-state index in [4.69, 9.17) is 14.2 Å². The van der Waals surface area contributed by atoms with Crippen LogP contribution in [0.5, 0.6) is 17.2 Å². The number of methoxy groups -OCH3 is 2. The first-order chi connectivity index (χ1) is 10.2. The molecule has 0 fully saturated rings. The Morgan fingerprint density at radius 2 is 1.62 bits per heavy atom. The number of hydrogen-bond acceptors (Lipinski definition) is 4. The van der Waals surface area contributed by atoms with Crippen molar-refractivity contribution in [3.63, 3.8) is 0 Å². The Labute approximate surface area is 125 Å². The second-order valence-electron chi connectivity index (χ2n) is 4.54. The second kappa shape index (κ2) is 7.43. The van der Waals surface area contributed by atoms with E-state index < -0.39 is 0 Å². The molecule has 0 aliphatic carbocycles. The van der Waals surface area contributed by atoms with Crippen LogP contribution in [0.15, 0.2) is 42.5 Å². The van der Waals surface area contributed by atoms with E-state index in [2.05, 4.69) is 11.4 Å². The van der Waals surface area contributed by atoms with Gasteiger partial charge in [-0.15, -0.1) is 0 Å². The molecule has 0 saturated heterocycles. The van der Waals surface area contributed by atoms with Crippen LogP contribution < -0.4 is 19.5 Å². The fourth-order valence-electron chi connectivity index (χ4n) is 2.03. The highest BCUT2D eigenvalue weighted by Gasteiger charge is 2.02. The topological polar surface area (TPSA) is 39.7 Å². The lowest BCUT2D eigenvalue weighted by Gasteiger charge is -2.11. The Balaban J connectivity index is 2.07. The van der Waals surface area contributed by atoms with Crippen LogP contribution in [-0.4, -0.2) is 20.8 Å². The number of ether oxygens (including phenoxy) is 3. The summed E-state index contributed by atoms with van der Waals surface area (Å²) in [5, 5.41) is 3.36. The molecule has 1 N–H and O–H groups in total. The van der Waals surface area contributed by atoms with Crippen molar-refractivity contribution >= 4 is 5.69 Å². The van der Waals surface area contributed by atoms with Crippen LogP contribution in [0.25, 0.3) is 0 Å². The molecule has 2 aromatic rings. The predicted octanol–water partition coefficient (Wildman–Crippen LogP) is 3.71. The van der Waals surface area contributed by atoms with Gasteiger partial charge in [0, 0.05) is 30.4 Å². The zero-order valence-electron chi connectivity index (χ0n) is 12.7. The van der Waals surface area contributed by atoms with Crippen LogP contribution >= 0.6 is 0 Å². The fraction of sp³-hybridized carbons (Fsp3) is 0.294. The normalized spacial score (nSPS) is 10.0. The summed E-state index contributed by atoms with van der Waals surface area (Å²) in [4.78, 5) is 0. The van der Waals surface area contributed by atoms with E-state index in [1.54, 1.807) is 14.2 Å². The lowest BCUT2D eigenvalue weighted by Crippen LogP contribution is -2.01. The smallest absolute Gasteiger partial charge is 0.124 e. The van der Waals surface area contributed by atoms with E-state index in [0.717, 1.165) is 28.5 Å². The van der Waals surface area contributed by atoms with Gasteiger partial charge in [0.15, 0.2) is 0 Å². The average Bonchev–Trinajstić information content (AvgIpc) is 2.53. The van der Waals surface area contributed by atoms with Crippen LogP contribution in [0, 0.1) is 0 Å². The highest BCUT2D eigenvalue weighted by Crippen LogP contribution is 2.26. The van der Waals surface area contributed by atoms with Crippen molar-refractivity contribution in [1.29, 1.82) is 0 Å². The maximum atomic E-state index is 5.50. The molecule has 0 bridgehead atoms. The molecule has 4 nitrogen and oxygen atoms in total. The molecular weight excluding hydrogens is 266 g/mol. The summed E-state index contributed by atoms with van der Waals surface area (Å²) in [6.07, 6.45) is 0. The number of anilines is 1. The predicted molar refractivity (Wildman–Crippen MR) is 84.5 cm³/mol. The van der Waals surface area contributed by atoms with E-state index in [1.807, 2.05) is 43.3 Å². The van der Waals surface area contributed by atoms with Crippen LogP contribution in [0.1, 0.15) is 12.5 Å². The third-order valence-corrected chi connectivity index (χ3v) is 3.06. The summed E-state index contributed by atoms with van der Waals surface area (Å²) in [7, 11) is 3.29. The van der Waals surface area contributed by atoms with Crippen molar-refractivity contribution in [3.8, 4) is 17.2 Å². The number of hydrogen-bond donors (Lipinski definition) is 1. The quantitative estimate of drug-likeness (QED) is 0.842. The molecule has 21 heavy (non-hydrogen) atoms. The lowest BCUT2D eigenvalue weighted by atomic mass is 10.2. The minimum atomic E-state index is 0.671. The van der Waals surface area contributed by atoms with Gasteiger partial charge in [-0.25, -0.2) is 0 Å². The Morgan fingerprint density at radius 1 is 0.905 bits per heavy atom. The molecule has 0 spiro atoms. The maximum Gasteiger partial charge on any atom is 0.124 e. The van der Waals surface area contributed by atoms with Crippen LogP contribution in [0.3, 0.4) is 0 Å². The molecule has 0 aliphatic heterocycles. The molecule has 0 saturated carbocycles. The van der Waals surface area contributed by atoms with Gasteiger partial charge in [-0.05, 0) is 24.6 Å². The zero-order chi connectivity index (χ0) is 15.1. The molecule has 0 unspecified atom stereocenters. The van der Waals surface area contributed by atoms with Gasteiger partial charge in [0.2, 0.25) is 0 Å². The van der Waals surface area contributed by atoms with Gasteiger partial charge in [0.25, 0.3) is 0 Å². The molecule has 4 heteroatoms. The standard InChI is InChI=1S/C17H21NO3/c1-4-21-15-7-5-6-13(8-15)12-18-14-9-16(19-2)11-17(10-14)20-3/h5-11,18H,4,12H2,1-3H3. The lowest BCUT2D eigenvalue weighted by molar-refractivity contribution is 0.340. The monoisotopic (exact) mass is 287 g/mol. The number of nitrogens with one attached hydrogen (secondary N) is 1. The Kier molecular flexibility index (Phi) is 5.32. The molecule has 0 radical (unpaired) electrons. The van der Waals surface area contributed by atoms with Crippen molar-refractivity contribution in [2.45, 2.75) is 13.5 Å². The molecular formula is C17H21NO3. The van der Waals surface area contributed by atoms with E-state index in [1.165, 1.54) is 0 Å². The summed E-state index contributed by atoms with van der Waals surface area (Å²) in [5.74, 6) is 2.42. The van der Waals surface area contributed by atoms with Crippen molar-refractivity contribution in [2.75, 3.05) is 26.1 Å². The summed E-state index contributed by atoms with van der Waals surface area (Å²) < 4.78 is 16.0. The van der Waals surface area contributed by atoms with Crippen molar-refractivity contribution in [1.82, 2.24) is 0 Å². The summed E-state index contributed by atoms with van der Waals surface area (Å²) in [6, 6.07) is 13.8. The molecule has 2 aromatic carbocycles. The third kappa shape index (κ3) is 4.31. The first kappa shape index (κ1) is 15.0. The van der Waals surface area contributed by atoms with Crippen molar-refractivity contribution in [3.05, 3.63) is 48.0 Å². The first-order valence-electron chi connectivity index (χ1n) is 6.94. The fourth-order valence-corrected chi connectivity index (χ4v) is 2.03. The Hall–Kier alpha value is -2.36. The Morgan fingerprint density at radius 3 is 2.24 bits per heavy atom. The van der Waals surface area contributed by atoms with Gasteiger partial charge in [0.1, 0.15) is 17.2 Å². The zero-order valence-corrected chi connectivity index (χ0v) is 12.7. The van der Waals surface area contributed by atoms with Crippen LogP contribution in [0.2, 0.25) is 0 Å².